The number of piperidine rings is 1. The summed E-state index contributed by atoms with van der Waals surface area (Å²) < 4.78 is 5.77. The lowest BCUT2D eigenvalue weighted by Crippen LogP contribution is -2.62. The SMILES string of the molecule is CS[C@H]1CN(C(=O)C2(NC(=O)c3ccc(C4CCN(C(C)C)CC4)cc3)CCCCC2)[C@@H]2C(=O)CO[C@H]12. The van der Waals surface area contributed by atoms with Gasteiger partial charge in [0.25, 0.3) is 5.91 Å². The van der Waals surface area contributed by atoms with Crippen molar-refractivity contribution < 1.29 is 19.1 Å². The van der Waals surface area contributed by atoms with Crippen LogP contribution in [0.5, 0.6) is 0 Å². The lowest BCUT2D eigenvalue weighted by molar-refractivity contribution is -0.143. The van der Waals surface area contributed by atoms with Crippen molar-refractivity contribution in [3.8, 4) is 0 Å². The van der Waals surface area contributed by atoms with Crippen molar-refractivity contribution in [3.63, 3.8) is 0 Å². The molecule has 1 saturated carbocycles. The number of thioether (sulfide) groups is 1. The zero-order chi connectivity index (χ0) is 26.2. The van der Waals surface area contributed by atoms with Crippen molar-refractivity contribution in [2.24, 2.45) is 0 Å². The molecule has 7 nitrogen and oxygen atoms in total. The Labute approximate surface area is 225 Å². The summed E-state index contributed by atoms with van der Waals surface area (Å²) in [4.78, 5) is 44.4. The second-order valence-corrected chi connectivity index (χ2v) is 12.6. The van der Waals surface area contributed by atoms with E-state index >= 15 is 0 Å². The van der Waals surface area contributed by atoms with Crippen LogP contribution < -0.4 is 5.32 Å². The number of nitrogens with zero attached hydrogens (tertiary/aromatic N) is 2. The molecule has 3 saturated heterocycles. The molecule has 37 heavy (non-hydrogen) atoms. The maximum atomic E-state index is 14.1. The van der Waals surface area contributed by atoms with Crippen LogP contribution in [0.2, 0.25) is 0 Å². The maximum absolute atomic E-state index is 14.1. The average molecular weight is 528 g/mol. The molecule has 0 bridgehead atoms. The molecule has 202 valence electrons. The molecule has 1 aliphatic carbocycles. The first-order chi connectivity index (χ1) is 17.8. The molecule has 3 aliphatic heterocycles. The van der Waals surface area contributed by atoms with Gasteiger partial charge in [0.2, 0.25) is 5.91 Å². The van der Waals surface area contributed by atoms with E-state index in [9.17, 15) is 14.4 Å². The highest BCUT2D eigenvalue weighted by atomic mass is 32.2. The zero-order valence-electron chi connectivity index (χ0n) is 22.4. The minimum Gasteiger partial charge on any atom is -0.367 e. The molecule has 3 atom stereocenters. The number of nitrogens with one attached hydrogen (secondary N) is 1. The average Bonchev–Trinajstić information content (AvgIpc) is 3.49. The number of hydrogen-bond donors (Lipinski definition) is 1. The van der Waals surface area contributed by atoms with E-state index < -0.39 is 11.6 Å². The van der Waals surface area contributed by atoms with Crippen molar-refractivity contribution in [3.05, 3.63) is 35.4 Å². The first-order valence-electron chi connectivity index (χ1n) is 14.0. The Balaban J connectivity index is 1.29. The van der Waals surface area contributed by atoms with Gasteiger partial charge < -0.3 is 19.9 Å². The van der Waals surface area contributed by atoms with Crippen LogP contribution in [-0.2, 0) is 14.3 Å². The van der Waals surface area contributed by atoms with Crippen molar-refractivity contribution in [2.75, 3.05) is 32.5 Å². The molecule has 0 unspecified atom stereocenters. The van der Waals surface area contributed by atoms with Crippen LogP contribution in [0.4, 0.5) is 0 Å². The Bertz CT molecular complexity index is 999. The fourth-order valence-electron chi connectivity index (χ4n) is 6.80. The minimum absolute atomic E-state index is 0.0259. The molecule has 2 amide bonds. The van der Waals surface area contributed by atoms with Gasteiger partial charge in [0, 0.05) is 18.2 Å². The molecular formula is C29H41N3O4S. The number of amides is 2. The van der Waals surface area contributed by atoms with Crippen LogP contribution in [0.25, 0.3) is 0 Å². The van der Waals surface area contributed by atoms with Gasteiger partial charge in [0.15, 0.2) is 5.78 Å². The second kappa shape index (κ2) is 11.1. The molecule has 0 radical (unpaired) electrons. The third kappa shape index (κ3) is 5.21. The summed E-state index contributed by atoms with van der Waals surface area (Å²) >= 11 is 1.64. The molecule has 5 rings (SSSR count). The van der Waals surface area contributed by atoms with E-state index in [4.69, 9.17) is 4.74 Å². The highest BCUT2D eigenvalue weighted by molar-refractivity contribution is 7.99. The summed E-state index contributed by atoms with van der Waals surface area (Å²) in [5.74, 6) is 0.182. The first kappa shape index (κ1) is 26.7. The monoisotopic (exact) mass is 527 g/mol. The molecule has 0 spiro atoms. The number of rotatable bonds is 6. The highest BCUT2D eigenvalue weighted by Gasteiger charge is 2.56. The number of benzene rings is 1. The van der Waals surface area contributed by atoms with Crippen molar-refractivity contribution >= 4 is 29.4 Å². The Morgan fingerprint density at radius 2 is 1.76 bits per heavy atom. The van der Waals surface area contributed by atoms with Gasteiger partial charge in [0.05, 0.1) is 11.4 Å². The van der Waals surface area contributed by atoms with Crippen LogP contribution in [-0.4, -0.2) is 88.9 Å². The number of carbonyl (C=O) groups is 3. The standard InChI is InChI=1S/C29H41N3O4S/c1-19(2)31-15-11-21(12-16-31)20-7-9-22(10-8-20)27(34)30-29(13-5-4-6-14-29)28(35)32-17-24(37-3)26-25(32)23(33)18-36-26/h7-10,19,21,24-26H,4-6,11-18H2,1-3H3,(H,30,34)/t24-,25+,26+/m0/s1. The molecule has 1 aromatic carbocycles. The van der Waals surface area contributed by atoms with Gasteiger partial charge >= 0.3 is 0 Å². The normalized spacial score (nSPS) is 28.5. The Morgan fingerprint density at radius 3 is 2.38 bits per heavy atom. The number of ketones is 1. The summed E-state index contributed by atoms with van der Waals surface area (Å²) in [6.45, 7) is 7.28. The Hall–Kier alpha value is -1.90. The van der Waals surface area contributed by atoms with Gasteiger partial charge in [-0.15, -0.1) is 0 Å². The number of Topliss-reactive ketones (excluding diaryl/α,β-unsaturated/α-hetero) is 1. The lowest BCUT2D eigenvalue weighted by atomic mass is 9.80. The number of fused-ring (bicyclic) bond motifs is 1. The fourth-order valence-corrected chi connectivity index (χ4v) is 7.60. The number of carbonyl (C=O) groups excluding carboxylic acids is 3. The van der Waals surface area contributed by atoms with E-state index in [-0.39, 0.29) is 35.6 Å². The van der Waals surface area contributed by atoms with Crippen LogP contribution in [0.3, 0.4) is 0 Å². The molecule has 4 aliphatic rings. The Kier molecular flexibility index (Phi) is 7.99. The van der Waals surface area contributed by atoms with E-state index in [0.29, 0.717) is 36.9 Å². The minimum atomic E-state index is -0.960. The molecule has 4 fully saturated rings. The molecular weight excluding hydrogens is 486 g/mol. The summed E-state index contributed by atoms with van der Waals surface area (Å²) in [7, 11) is 0. The second-order valence-electron chi connectivity index (χ2n) is 11.5. The predicted molar refractivity (Wildman–Crippen MR) is 146 cm³/mol. The van der Waals surface area contributed by atoms with E-state index in [2.05, 4.69) is 36.2 Å². The number of hydrogen-bond acceptors (Lipinski definition) is 6. The van der Waals surface area contributed by atoms with Crippen LogP contribution in [0.1, 0.15) is 80.6 Å². The largest absolute Gasteiger partial charge is 0.367 e. The smallest absolute Gasteiger partial charge is 0.252 e. The molecule has 1 aromatic rings. The van der Waals surface area contributed by atoms with Crippen molar-refractivity contribution in [1.82, 2.24) is 15.1 Å². The predicted octanol–water partition coefficient (Wildman–Crippen LogP) is 3.62. The summed E-state index contributed by atoms with van der Waals surface area (Å²) in [6, 6.07) is 8.04. The van der Waals surface area contributed by atoms with Crippen molar-refractivity contribution in [2.45, 2.75) is 93.7 Å². The summed E-state index contributed by atoms with van der Waals surface area (Å²) in [6.07, 6.45) is 8.07. The van der Waals surface area contributed by atoms with Crippen LogP contribution >= 0.6 is 11.8 Å². The first-order valence-corrected chi connectivity index (χ1v) is 15.3. The molecule has 8 heteroatoms. The topological polar surface area (TPSA) is 79.0 Å². The third-order valence-corrected chi connectivity index (χ3v) is 10.1. The molecule has 1 N–H and O–H groups in total. The summed E-state index contributed by atoms with van der Waals surface area (Å²) in [5.41, 5.74) is 0.912. The molecule has 0 aromatic heterocycles. The summed E-state index contributed by atoms with van der Waals surface area (Å²) in [5, 5.41) is 3.25. The number of likely N-dealkylation sites (tertiary alicyclic amines) is 2. The van der Waals surface area contributed by atoms with E-state index in [1.807, 2.05) is 18.4 Å². The fraction of sp³-hybridized carbons (Fsp3) is 0.690. The third-order valence-electron chi connectivity index (χ3n) is 9.08. The Morgan fingerprint density at radius 1 is 1.08 bits per heavy atom. The van der Waals surface area contributed by atoms with Crippen LogP contribution in [0.15, 0.2) is 24.3 Å². The zero-order valence-corrected chi connectivity index (χ0v) is 23.2. The van der Waals surface area contributed by atoms with Gasteiger partial charge in [0.1, 0.15) is 18.2 Å². The quantitative estimate of drug-likeness (QED) is 0.609. The molecule has 3 heterocycles. The van der Waals surface area contributed by atoms with Gasteiger partial charge in [-0.1, -0.05) is 31.4 Å². The van der Waals surface area contributed by atoms with E-state index in [1.165, 1.54) is 5.56 Å². The lowest BCUT2D eigenvalue weighted by Gasteiger charge is -2.40. The van der Waals surface area contributed by atoms with Crippen LogP contribution in [0, 0.1) is 0 Å². The van der Waals surface area contributed by atoms with E-state index in [0.717, 1.165) is 45.2 Å². The van der Waals surface area contributed by atoms with Gasteiger partial charge in [-0.3, -0.25) is 14.4 Å². The van der Waals surface area contributed by atoms with Crippen molar-refractivity contribution in [1.29, 1.82) is 0 Å². The van der Waals surface area contributed by atoms with Gasteiger partial charge in [-0.2, -0.15) is 11.8 Å². The number of ether oxygens (including phenoxy) is 1. The highest BCUT2D eigenvalue weighted by Crippen LogP contribution is 2.38. The van der Waals surface area contributed by atoms with E-state index in [1.54, 1.807) is 16.7 Å². The van der Waals surface area contributed by atoms with Gasteiger partial charge in [-0.25, -0.2) is 0 Å². The van der Waals surface area contributed by atoms with Gasteiger partial charge in [-0.05, 0) is 82.5 Å². The maximum Gasteiger partial charge on any atom is 0.252 e.